The second kappa shape index (κ2) is 5.53. The number of ether oxygens (including phenoxy) is 1. The fraction of sp³-hybridized carbons (Fsp3) is 0.636. The highest BCUT2D eigenvalue weighted by Crippen LogP contribution is 2.43. The van der Waals surface area contributed by atoms with Crippen LogP contribution in [0, 0.1) is 5.41 Å². The molecule has 1 aliphatic carbocycles. The van der Waals surface area contributed by atoms with Crippen molar-refractivity contribution >= 4 is 12.1 Å². The molecule has 2 N–H and O–H groups in total. The maximum atomic E-state index is 11.0. The van der Waals surface area contributed by atoms with Gasteiger partial charge in [0.15, 0.2) is 0 Å². The Morgan fingerprint density at radius 3 is 2.62 bits per heavy atom. The van der Waals surface area contributed by atoms with Gasteiger partial charge in [0.2, 0.25) is 0 Å². The van der Waals surface area contributed by atoms with Crippen molar-refractivity contribution < 1.29 is 19.4 Å². The van der Waals surface area contributed by atoms with Crippen molar-refractivity contribution in [1.29, 1.82) is 0 Å². The van der Waals surface area contributed by atoms with Gasteiger partial charge in [0, 0.05) is 6.54 Å². The van der Waals surface area contributed by atoms with Crippen LogP contribution >= 0.6 is 0 Å². The average molecular weight is 227 g/mol. The molecular weight excluding hydrogens is 210 g/mol. The SMILES string of the molecule is C=CCOC(=O)NCCC1(C(=O)O)CCC1. The Morgan fingerprint density at radius 2 is 2.19 bits per heavy atom. The molecule has 16 heavy (non-hydrogen) atoms. The van der Waals surface area contributed by atoms with Crippen LogP contribution in [-0.4, -0.2) is 30.3 Å². The fourth-order valence-corrected chi connectivity index (χ4v) is 1.76. The number of nitrogens with one attached hydrogen (secondary N) is 1. The smallest absolute Gasteiger partial charge is 0.407 e. The monoisotopic (exact) mass is 227 g/mol. The maximum Gasteiger partial charge on any atom is 0.407 e. The third-order valence-corrected chi connectivity index (χ3v) is 2.97. The summed E-state index contributed by atoms with van der Waals surface area (Å²) < 4.78 is 4.70. The molecule has 0 atom stereocenters. The first-order valence-electron chi connectivity index (χ1n) is 5.36. The number of hydrogen-bond acceptors (Lipinski definition) is 3. The van der Waals surface area contributed by atoms with E-state index in [1.54, 1.807) is 0 Å². The predicted molar refractivity (Wildman–Crippen MR) is 58.1 cm³/mol. The number of carbonyl (C=O) groups excluding carboxylic acids is 1. The fourth-order valence-electron chi connectivity index (χ4n) is 1.76. The van der Waals surface area contributed by atoms with Gasteiger partial charge in [0.25, 0.3) is 0 Å². The zero-order valence-electron chi connectivity index (χ0n) is 9.20. The van der Waals surface area contributed by atoms with E-state index in [-0.39, 0.29) is 6.61 Å². The molecule has 0 heterocycles. The minimum Gasteiger partial charge on any atom is -0.481 e. The maximum absolute atomic E-state index is 11.0. The lowest BCUT2D eigenvalue weighted by Crippen LogP contribution is -2.41. The summed E-state index contributed by atoms with van der Waals surface area (Å²) in [6, 6.07) is 0. The topological polar surface area (TPSA) is 75.6 Å². The van der Waals surface area contributed by atoms with Crippen LogP contribution in [0.15, 0.2) is 12.7 Å². The van der Waals surface area contributed by atoms with E-state index in [1.807, 2.05) is 0 Å². The number of carboxylic acids is 1. The van der Waals surface area contributed by atoms with Crippen molar-refractivity contribution in [3.63, 3.8) is 0 Å². The number of hydrogen-bond donors (Lipinski definition) is 2. The first kappa shape index (κ1) is 12.5. The number of carbonyl (C=O) groups is 2. The quantitative estimate of drug-likeness (QED) is 0.675. The summed E-state index contributed by atoms with van der Waals surface area (Å²) in [5.41, 5.74) is -0.619. The van der Waals surface area contributed by atoms with Gasteiger partial charge in [-0.3, -0.25) is 4.79 Å². The molecule has 0 bridgehead atoms. The van der Waals surface area contributed by atoms with Crippen LogP contribution in [0.1, 0.15) is 25.7 Å². The van der Waals surface area contributed by atoms with Crippen LogP contribution in [0.2, 0.25) is 0 Å². The number of amides is 1. The van der Waals surface area contributed by atoms with Crippen LogP contribution in [0.4, 0.5) is 4.79 Å². The number of alkyl carbamates (subject to hydrolysis) is 1. The van der Waals surface area contributed by atoms with Gasteiger partial charge in [-0.25, -0.2) is 4.79 Å². The molecule has 1 rings (SSSR count). The Morgan fingerprint density at radius 1 is 1.50 bits per heavy atom. The molecule has 0 aromatic rings. The van der Waals surface area contributed by atoms with E-state index in [4.69, 9.17) is 9.84 Å². The number of rotatable bonds is 6. The molecule has 0 spiro atoms. The normalized spacial score (nSPS) is 17.0. The van der Waals surface area contributed by atoms with Crippen LogP contribution in [0.3, 0.4) is 0 Å². The summed E-state index contributed by atoms with van der Waals surface area (Å²) in [5, 5.41) is 11.6. The zero-order valence-corrected chi connectivity index (χ0v) is 9.20. The molecule has 5 nitrogen and oxygen atoms in total. The standard InChI is InChI=1S/C11H17NO4/c1-2-8-16-10(15)12-7-6-11(9(13)14)4-3-5-11/h2H,1,3-8H2,(H,12,15)(H,13,14). The third-order valence-electron chi connectivity index (χ3n) is 2.97. The first-order chi connectivity index (χ1) is 7.60. The van der Waals surface area contributed by atoms with Crippen molar-refractivity contribution in [2.75, 3.05) is 13.2 Å². The highest BCUT2D eigenvalue weighted by Gasteiger charge is 2.43. The Hall–Kier alpha value is -1.52. The van der Waals surface area contributed by atoms with E-state index in [9.17, 15) is 9.59 Å². The van der Waals surface area contributed by atoms with Gasteiger partial charge < -0.3 is 15.2 Å². The summed E-state index contributed by atoms with van der Waals surface area (Å²) in [7, 11) is 0. The summed E-state index contributed by atoms with van der Waals surface area (Å²) in [4.78, 5) is 22.0. The first-order valence-corrected chi connectivity index (χ1v) is 5.36. The molecule has 0 aromatic heterocycles. The summed E-state index contributed by atoms with van der Waals surface area (Å²) in [6.45, 7) is 3.91. The molecule has 1 saturated carbocycles. The van der Waals surface area contributed by atoms with Gasteiger partial charge in [-0.15, -0.1) is 0 Å². The zero-order chi connectivity index (χ0) is 12.0. The van der Waals surface area contributed by atoms with Crippen LogP contribution in [0.25, 0.3) is 0 Å². The van der Waals surface area contributed by atoms with E-state index < -0.39 is 17.5 Å². The van der Waals surface area contributed by atoms with Crippen molar-refractivity contribution in [3.8, 4) is 0 Å². The molecule has 1 amide bonds. The molecule has 90 valence electrons. The molecule has 0 radical (unpaired) electrons. The van der Waals surface area contributed by atoms with Gasteiger partial charge >= 0.3 is 12.1 Å². The third kappa shape index (κ3) is 2.98. The van der Waals surface area contributed by atoms with E-state index in [0.29, 0.717) is 25.8 Å². The average Bonchev–Trinajstić information content (AvgIpc) is 2.18. The Labute approximate surface area is 94.5 Å². The molecular formula is C11H17NO4. The van der Waals surface area contributed by atoms with E-state index in [0.717, 1.165) is 6.42 Å². The second-order valence-corrected chi connectivity index (χ2v) is 4.00. The lowest BCUT2D eigenvalue weighted by Gasteiger charge is -2.37. The molecule has 0 aromatic carbocycles. The highest BCUT2D eigenvalue weighted by molar-refractivity contribution is 5.75. The largest absolute Gasteiger partial charge is 0.481 e. The van der Waals surface area contributed by atoms with Crippen molar-refractivity contribution in [3.05, 3.63) is 12.7 Å². The van der Waals surface area contributed by atoms with Crippen LogP contribution < -0.4 is 5.32 Å². The van der Waals surface area contributed by atoms with Crippen LogP contribution in [0.5, 0.6) is 0 Å². The summed E-state index contributed by atoms with van der Waals surface area (Å²) in [5.74, 6) is -0.764. The van der Waals surface area contributed by atoms with Gasteiger partial charge in [0.05, 0.1) is 5.41 Å². The van der Waals surface area contributed by atoms with Crippen molar-refractivity contribution in [2.45, 2.75) is 25.7 Å². The molecule has 1 aliphatic rings. The Kier molecular flexibility index (Phi) is 4.34. The molecule has 0 aliphatic heterocycles. The van der Waals surface area contributed by atoms with Gasteiger partial charge in [-0.1, -0.05) is 19.1 Å². The van der Waals surface area contributed by atoms with Crippen molar-refractivity contribution in [2.24, 2.45) is 5.41 Å². The molecule has 5 heteroatoms. The van der Waals surface area contributed by atoms with Crippen LogP contribution in [-0.2, 0) is 9.53 Å². The van der Waals surface area contributed by atoms with Gasteiger partial charge in [0.1, 0.15) is 6.61 Å². The molecule has 1 fully saturated rings. The minimum atomic E-state index is -0.764. The Bertz CT molecular complexity index is 284. The lowest BCUT2D eigenvalue weighted by molar-refractivity contribution is -0.155. The summed E-state index contributed by atoms with van der Waals surface area (Å²) >= 11 is 0. The van der Waals surface area contributed by atoms with Crippen molar-refractivity contribution in [1.82, 2.24) is 5.32 Å². The Balaban J connectivity index is 2.21. The predicted octanol–water partition coefficient (Wildman–Crippen LogP) is 1.54. The van der Waals surface area contributed by atoms with E-state index in [2.05, 4.69) is 11.9 Å². The molecule has 0 saturated heterocycles. The minimum absolute atomic E-state index is 0.163. The van der Waals surface area contributed by atoms with E-state index >= 15 is 0 Å². The number of carboxylic acid groups (broad SMARTS) is 1. The second-order valence-electron chi connectivity index (χ2n) is 4.00. The van der Waals surface area contributed by atoms with Gasteiger partial charge in [-0.2, -0.15) is 0 Å². The highest BCUT2D eigenvalue weighted by atomic mass is 16.5. The van der Waals surface area contributed by atoms with Gasteiger partial charge in [-0.05, 0) is 19.3 Å². The molecule has 0 unspecified atom stereocenters. The lowest BCUT2D eigenvalue weighted by atomic mass is 9.67. The number of aliphatic carboxylic acids is 1. The summed E-state index contributed by atoms with van der Waals surface area (Å²) in [6.07, 6.45) is 3.76. The van der Waals surface area contributed by atoms with E-state index in [1.165, 1.54) is 6.08 Å².